The van der Waals surface area contributed by atoms with Crippen LogP contribution in [0.1, 0.15) is 16.7 Å². The van der Waals surface area contributed by atoms with Crippen LogP contribution in [0.5, 0.6) is 0 Å². The molecule has 3 nitrogen and oxygen atoms in total. The van der Waals surface area contributed by atoms with Crippen LogP contribution < -0.4 is 4.65 Å². The molecule has 2 aromatic rings. The molecular formula is C18H22N2O+2. The van der Waals surface area contributed by atoms with Gasteiger partial charge in [-0.25, -0.2) is 0 Å². The van der Waals surface area contributed by atoms with E-state index in [1.54, 1.807) is 7.11 Å². The summed E-state index contributed by atoms with van der Waals surface area (Å²) in [6.45, 7) is 5.06. The van der Waals surface area contributed by atoms with Crippen molar-refractivity contribution in [3.8, 4) is 0 Å². The minimum atomic E-state index is 0.451. The summed E-state index contributed by atoms with van der Waals surface area (Å²) >= 11 is 0. The summed E-state index contributed by atoms with van der Waals surface area (Å²) in [5, 5.41) is 0. The molecule has 0 saturated carbocycles. The first kappa shape index (κ1) is 14.0. The number of rotatable bonds is 2. The van der Waals surface area contributed by atoms with Gasteiger partial charge in [-0.2, -0.15) is 4.84 Å². The van der Waals surface area contributed by atoms with E-state index in [4.69, 9.17) is 4.84 Å². The van der Waals surface area contributed by atoms with Gasteiger partial charge in [-0.3, -0.25) is 0 Å². The molecule has 3 rings (SSSR count). The lowest BCUT2D eigenvalue weighted by Crippen LogP contribution is -2.51. The third-order valence-corrected chi connectivity index (χ3v) is 4.16. The highest BCUT2D eigenvalue weighted by Gasteiger charge is 2.40. The minimum Gasteiger partial charge on any atom is -0.196 e. The molecule has 1 heterocycles. The van der Waals surface area contributed by atoms with Gasteiger partial charge in [0.2, 0.25) is 5.69 Å². The number of quaternary nitrogens is 1. The number of hydrogen-bond donors (Lipinski definition) is 0. The average Bonchev–Trinajstić information content (AvgIpc) is 2.47. The molecule has 0 radical (unpaired) electrons. The van der Waals surface area contributed by atoms with E-state index in [0.717, 1.165) is 6.67 Å². The Kier molecular flexibility index (Phi) is 3.40. The van der Waals surface area contributed by atoms with E-state index < -0.39 is 0 Å². The Morgan fingerprint density at radius 1 is 1.10 bits per heavy atom. The lowest BCUT2D eigenvalue weighted by atomic mass is 10.0. The predicted molar refractivity (Wildman–Crippen MR) is 87.0 cm³/mol. The van der Waals surface area contributed by atoms with E-state index in [0.29, 0.717) is 4.65 Å². The molecule has 0 spiro atoms. The standard InChI is InChI=1S/C18H22N2O/c1-14-10-15(2)18-16(11-14)12-19(13-20(18,3)21-4)17-8-6-5-7-9-17/h5-12H,13H2,1-4H3/q+2. The molecule has 108 valence electrons. The SMILES string of the molecule is CO[N+]1(C)C[N+](c2ccccc2)=Cc2cc(C)cc(C)c21. The molecule has 1 atom stereocenters. The Hall–Kier alpha value is -1.97. The molecule has 1 aliphatic rings. The molecule has 1 unspecified atom stereocenters. The summed E-state index contributed by atoms with van der Waals surface area (Å²) in [5.41, 5.74) is 6.21. The Bertz CT molecular complexity index is 707. The van der Waals surface area contributed by atoms with Gasteiger partial charge in [-0.15, -0.1) is 4.58 Å². The van der Waals surface area contributed by atoms with Crippen LogP contribution in [0.4, 0.5) is 11.4 Å². The van der Waals surface area contributed by atoms with Gasteiger partial charge in [0.15, 0.2) is 11.9 Å². The Morgan fingerprint density at radius 3 is 2.48 bits per heavy atom. The topological polar surface area (TPSA) is 12.2 Å². The van der Waals surface area contributed by atoms with Crippen molar-refractivity contribution in [3.05, 3.63) is 59.2 Å². The Balaban J connectivity index is 2.21. The molecule has 0 N–H and O–H groups in total. The zero-order valence-electron chi connectivity index (χ0n) is 13.1. The summed E-state index contributed by atoms with van der Waals surface area (Å²) < 4.78 is 2.71. The van der Waals surface area contributed by atoms with Gasteiger partial charge in [0.1, 0.15) is 12.6 Å². The smallest absolute Gasteiger partial charge is 0.196 e. The third-order valence-electron chi connectivity index (χ3n) is 4.16. The second-order valence-electron chi connectivity index (χ2n) is 5.88. The van der Waals surface area contributed by atoms with Crippen molar-refractivity contribution >= 4 is 17.6 Å². The molecule has 0 amide bonds. The zero-order valence-corrected chi connectivity index (χ0v) is 13.1. The van der Waals surface area contributed by atoms with Crippen molar-refractivity contribution in [3.63, 3.8) is 0 Å². The fraction of sp³-hybridized carbons (Fsp3) is 0.278. The van der Waals surface area contributed by atoms with Gasteiger partial charge < -0.3 is 0 Å². The van der Waals surface area contributed by atoms with E-state index in [-0.39, 0.29) is 0 Å². The highest BCUT2D eigenvalue weighted by atomic mass is 16.7. The highest BCUT2D eigenvalue weighted by molar-refractivity contribution is 5.87. The van der Waals surface area contributed by atoms with Crippen LogP contribution in [0, 0.1) is 13.8 Å². The molecule has 2 aromatic carbocycles. The highest BCUT2D eigenvalue weighted by Crippen LogP contribution is 2.34. The first-order chi connectivity index (χ1) is 10.0. The van der Waals surface area contributed by atoms with Crippen LogP contribution in [-0.2, 0) is 4.84 Å². The maximum absolute atomic E-state index is 5.85. The van der Waals surface area contributed by atoms with E-state index in [2.05, 4.69) is 68.1 Å². The molecule has 0 fully saturated rings. The van der Waals surface area contributed by atoms with Gasteiger partial charge >= 0.3 is 6.67 Å². The first-order valence-electron chi connectivity index (χ1n) is 7.23. The summed E-state index contributed by atoms with van der Waals surface area (Å²) in [7, 11) is 3.89. The van der Waals surface area contributed by atoms with E-state index in [1.165, 1.54) is 28.1 Å². The summed E-state index contributed by atoms with van der Waals surface area (Å²) in [4.78, 5) is 5.85. The second-order valence-corrected chi connectivity index (χ2v) is 5.88. The van der Waals surface area contributed by atoms with E-state index >= 15 is 0 Å². The van der Waals surface area contributed by atoms with Gasteiger partial charge in [0, 0.05) is 17.7 Å². The fourth-order valence-corrected chi connectivity index (χ4v) is 3.23. The molecule has 21 heavy (non-hydrogen) atoms. The Morgan fingerprint density at radius 2 is 1.81 bits per heavy atom. The lowest BCUT2D eigenvalue weighted by molar-refractivity contribution is -0.485. The molecule has 3 heteroatoms. The quantitative estimate of drug-likeness (QED) is 0.606. The zero-order chi connectivity index (χ0) is 15.0. The summed E-state index contributed by atoms with van der Waals surface area (Å²) in [5.74, 6) is 0. The second kappa shape index (κ2) is 5.10. The van der Waals surface area contributed by atoms with Crippen molar-refractivity contribution < 1.29 is 9.41 Å². The van der Waals surface area contributed by atoms with Crippen LogP contribution in [0.25, 0.3) is 0 Å². The number of hydroxylamine groups is 2. The van der Waals surface area contributed by atoms with Crippen LogP contribution in [0.2, 0.25) is 0 Å². The van der Waals surface area contributed by atoms with Crippen molar-refractivity contribution in [2.75, 3.05) is 20.8 Å². The van der Waals surface area contributed by atoms with Crippen LogP contribution in [-0.4, -0.2) is 31.6 Å². The third kappa shape index (κ3) is 2.39. The lowest BCUT2D eigenvalue weighted by Gasteiger charge is -2.31. The van der Waals surface area contributed by atoms with Crippen LogP contribution in [0.15, 0.2) is 42.5 Å². The first-order valence-corrected chi connectivity index (χ1v) is 7.23. The number of para-hydroxylation sites is 1. The normalized spacial score (nSPS) is 20.9. The summed E-state index contributed by atoms with van der Waals surface area (Å²) in [6, 6.07) is 14.9. The Labute approximate surface area is 126 Å². The number of fused-ring (bicyclic) bond motifs is 1. The largest absolute Gasteiger partial charge is 0.310 e. The molecular weight excluding hydrogens is 260 g/mol. The van der Waals surface area contributed by atoms with Crippen molar-refractivity contribution in [2.24, 2.45) is 0 Å². The molecule has 0 aromatic heterocycles. The van der Waals surface area contributed by atoms with Gasteiger partial charge in [-0.1, -0.05) is 28.9 Å². The number of aryl methyl sites for hydroxylation is 2. The van der Waals surface area contributed by atoms with Gasteiger partial charge in [0.25, 0.3) is 0 Å². The van der Waals surface area contributed by atoms with E-state index in [1.807, 2.05) is 6.07 Å². The molecule has 1 aliphatic heterocycles. The monoisotopic (exact) mass is 282 g/mol. The van der Waals surface area contributed by atoms with Crippen LogP contribution >= 0.6 is 0 Å². The van der Waals surface area contributed by atoms with Crippen molar-refractivity contribution in [1.29, 1.82) is 0 Å². The maximum atomic E-state index is 5.85. The maximum Gasteiger partial charge on any atom is 0.310 e. The molecule has 0 aliphatic carbocycles. The van der Waals surface area contributed by atoms with Crippen molar-refractivity contribution in [1.82, 2.24) is 4.65 Å². The summed E-state index contributed by atoms with van der Waals surface area (Å²) in [6.07, 6.45) is 2.23. The number of nitrogens with zero attached hydrogens (tertiary/aromatic N) is 2. The average molecular weight is 282 g/mol. The van der Waals surface area contributed by atoms with E-state index in [9.17, 15) is 0 Å². The molecule has 0 saturated heterocycles. The number of hydrogen-bond acceptors (Lipinski definition) is 1. The van der Waals surface area contributed by atoms with Crippen molar-refractivity contribution in [2.45, 2.75) is 13.8 Å². The van der Waals surface area contributed by atoms with Gasteiger partial charge in [0.05, 0.1) is 7.11 Å². The van der Waals surface area contributed by atoms with Crippen LogP contribution in [0.3, 0.4) is 0 Å². The predicted octanol–water partition coefficient (Wildman–Crippen LogP) is 3.54. The van der Waals surface area contributed by atoms with Gasteiger partial charge in [-0.05, 0) is 25.5 Å². The molecule has 0 bridgehead atoms. The fourth-order valence-electron chi connectivity index (χ4n) is 3.23. The number of benzene rings is 2. The minimum absolute atomic E-state index is 0.451.